The highest BCUT2D eigenvalue weighted by Gasteiger charge is 2.31. The molecule has 2 amide bonds. The fourth-order valence-electron chi connectivity index (χ4n) is 2.64. The lowest BCUT2D eigenvalue weighted by Gasteiger charge is -2.26. The van der Waals surface area contributed by atoms with Gasteiger partial charge < -0.3 is 16.4 Å². The van der Waals surface area contributed by atoms with Gasteiger partial charge in [-0.15, -0.1) is 0 Å². The lowest BCUT2D eigenvalue weighted by molar-refractivity contribution is -0.137. The maximum absolute atomic E-state index is 12.6. The Hall–Kier alpha value is -2.09. The first-order valence-corrected chi connectivity index (χ1v) is 7.76. The maximum atomic E-state index is 12.6. The van der Waals surface area contributed by atoms with Crippen molar-refractivity contribution in [2.24, 2.45) is 5.73 Å². The molecule has 1 fully saturated rings. The number of rotatable bonds is 4. The molecule has 8 heteroatoms. The van der Waals surface area contributed by atoms with Crippen LogP contribution < -0.4 is 16.4 Å². The van der Waals surface area contributed by atoms with Crippen molar-refractivity contribution < 1.29 is 22.8 Å². The Kier molecular flexibility index (Phi) is 5.82. The molecule has 1 aliphatic rings. The molecule has 0 atom stereocenters. The van der Waals surface area contributed by atoms with E-state index in [1.165, 1.54) is 6.07 Å². The molecule has 1 aliphatic carbocycles. The summed E-state index contributed by atoms with van der Waals surface area (Å²) in [5.41, 5.74) is 4.74. The molecule has 24 heavy (non-hydrogen) atoms. The summed E-state index contributed by atoms with van der Waals surface area (Å²) in [6.07, 6.45) is -1.28. The van der Waals surface area contributed by atoms with E-state index in [9.17, 15) is 22.8 Å². The van der Waals surface area contributed by atoms with Crippen molar-refractivity contribution in [1.82, 2.24) is 10.6 Å². The fourth-order valence-corrected chi connectivity index (χ4v) is 2.64. The van der Waals surface area contributed by atoms with Crippen molar-refractivity contribution in [3.8, 4) is 0 Å². The van der Waals surface area contributed by atoms with Gasteiger partial charge in [0, 0.05) is 17.6 Å². The van der Waals surface area contributed by atoms with E-state index in [4.69, 9.17) is 5.73 Å². The van der Waals surface area contributed by atoms with Crippen LogP contribution in [0, 0.1) is 0 Å². The molecule has 1 aromatic rings. The summed E-state index contributed by atoms with van der Waals surface area (Å²) in [4.78, 5) is 23.7. The summed E-state index contributed by atoms with van der Waals surface area (Å²) in [7, 11) is 0. The van der Waals surface area contributed by atoms with Gasteiger partial charge in [-0.1, -0.05) is 6.07 Å². The minimum atomic E-state index is -4.52. The van der Waals surface area contributed by atoms with E-state index in [2.05, 4.69) is 10.6 Å². The van der Waals surface area contributed by atoms with Crippen molar-refractivity contribution >= 4 is 11.8 Å². The second kappa shape index (κ2) is 7.65. The van der Waals surface area contributed by atoms with Gasteiger partial charge in [-0.3, -0.25) is 9.59 Å². The van der Waals surface area contributed by atoms with Crippen LogP contribution in [0.15, 0.2) is 24.3 Å². The maximum Gasteiger partial charge on any atom is 0.416 e. The van der Waals surface area contributed by atoms with E-state index < -0.39 is 17.6 Å². The third-order valence-corrected chi connectivity index (χ3v) is 4.00. The molecule has 0 unspecified atom stereocenters. The normalized spacial score (nSPS) is 21.2. The molecule has 0 aromatic heterocycles. The van der Waals surface area contributed by atoms with Gasteiger partial charge in [0.25, 0.3) is 5.91 Å². The third-order valence-electron chi connectivity index (χ3n) is 4.00. The van der Waals surface area contributed by atoms with Gasteiger partial charge in [-0.2, -0.15) is 13.2 Å². The average molecular weight is 343 g/mol. The van der Waals surface area contributed by atoms with Crippen LogP contribution in [0.5, 0.6) is 0 Å². The topological polar surface area (TPSA) is 84.2 Å². The minimum Gasteiger partial charge on any atom is -0.352 e. The van der Waals surface area contributed by atoms with Gasteiger partial charge in [0.1, 0.15) is 0 Å². The first kappa shape index (κ1) is 18.3. The Bertz CT molecular complexity index is 596. The molecule has 1 saturated carbocycles. The summed E-state index contributed by atoms with van der Waals surface area (Å²) in [6, 6.07) is 4.27. The number of alkyl halides is 3. The van der Waals surface area contributed by atoms with Crippen molar-refractivity contribution in [3.05, 3.63) is 35.4 Å². The van der Waals surface area contributed by atoms with E-state index in [-0.39, 0.29) is 30.1 Å². The predicted molar refractivity (Wildman–Crippen MR) is 82.2 cm³/mol. The Morgan fingerprint density at radius 1 is 1.17 bits per heavy atom. The average Bonchev–Trinajstić information content (AvgIpc) is 2.54. The Morgan fingerprint density at radius 2 is 1.83 bits per heavy atom. The van der Waals surface area contributed by atoms with Gasteiger partial charge in [0.15, 0.2) is 0 Å². The number of benzene rings is 1. The summed E-state index contributed by atoms with van der Waals surface area (Å²) in [6.45, 7) is -0.280. The molecule has 0 radical (unpaired) electrons. The summed E-state index contributed by atoms with van der Waals surface area (Å²) < 4.78 is 37.9. The molecule has 1 aromatic carbocycles. The number of nitrogens with two attached hydrogens (primary N) is 1. The summed E-state index contributed by atoms with van der Waals surface area (Å²) in [5.74, 6) is -1.09. The highest BCUT2D eigenvalue weighted by atomic mass is 19.4. The molecule has 2 rings (SSSR count). The van der Waals surface area contributed by atoms with Gasteiger partial charge in [-0.25, -0.2) is 0 Å². The Morgan fingerprint density at radius 3 is 2.46 bits per heavy atom. The number of hydrogen-bond acceptors (Lipinski definition) is 3. The van der Waals surface area contributed by atoms with Crippen molar-refractivity contribution in [1.29, 1.82) is 0 Å². The largest absolute Gasteiger partial charge is 0.416 e. The zero-order valence-electron chi connectivity index (χ0n) is 13.0. The number of nitrogens with one attached hydrogen (secondary N) is 2. The van der Waals surface area contributed by atoms with Gasteiger partial charge in [0.05, 0.1) is 12.1 Å². The molecule has 0 heterocycles. The standard InChI is InChI=1S/C16H20F3N3O2/c17-16(18,19)11-3-1-2-10(8-11)15(24)21-9-14(23)22-13-6-4-12(20)5-7-13/h1-3,8,12-13H,4-7,9,20H2,(H,21,24)(H,22,23)/t12-,13-. The van der Waals surface area contributed by atoms with Gasteiger partial charge >= 0.3 is 6.18 Å². The molecule has 5 nitrogen and oxygen atoms in total. The number of halogens is 3. The van der Waals surface area contributed by atoms with E-state index >= 15 is 0 Å². The zero-order valence-corrected chi connectivity index (χ0v) is 13.0. The lowest BCUT2D eigenvalue weighted by Crippen LogP contribution is -2.44. The van der Waals surface area contributed by atoms with Crippen LogP contribution in [-0.4, -0.2) is 30.4 Å². The first-order chi connectivity index (χ1) is 11.3. The molecule has 132 valence electrons. The van der Waals surface area contributed by atoms with Crippen LogP contribution in [0.1, 0.15) is 41.6 Å². The second-order valence-corrected chi connectivity index (χ2v) is 5.94. The summed E-state index contributed by atoms with van der Waals surface area (Å²) in [5, 5.41) is 5.13. The monoisotopic (exact) mass is 343 g/mol. The van der Waals surface area contributed by atoms with Gasteiger partial charge in [0.2, 0.25) is 5.91 Å². The number of carbonyl (C=O) groups is 2. The molecule has 0 bridgehead atoms. The highest BCUT2D eigenvalue weighted by Crippen LogP contribution is 2.29. The van der Waals surface area contributed by atoms with Crippen LogP contribution >= 0.6 is 0 Å². The molecular formula is C16H20F3N3O2. The minimum absolute atomic E-state index is 0.0303. The smallest absolute Gasteiger partial charge is 0.352 e. The Labute approximate surface area is 137 Å². The van der Waals surface area contributed by atoms with Crippen molar-refractivity contribution in [2.45, 2.75) is 43.9 Å². The van der Waals surface area contributed by atoms with Gasteiger partial charge in [-0.05, 0) is 43.9 Å². The third kappa shape index (κ3) is 5.23. The second-order valence-electron chi connectivity index (χ2n) is 5.94. The van der Waals surface area contributed by atoms with E-state index in [1.807, 2.05) is 0 Å². The molecule has 0 saturated heterocycles. The molecule has 4 N–H and O–H groups in total. The van der Waals surface area contributed by atoms with Crippen LogP contribution in [0.25, 0.3) is 0 Å². The number of amides is 2. The van der Waals surface area contributed by atoms with Crippen molar-refractivity contribution in [2.75, 3.05) is 6.54 Å². The quantitative estimate of drug-likeness (QED) is 0.780. The van der Waals surface area contributed by atoms with Crippen LogP contribution in [0.4, 0.5) is 13.2 Å². The molecule has 0 spiro atoms. The Balaban J connectivity index is 1.83. The van der Waals surface area contributed by atoms with E-state index in [0.717, 1.165) is 43.9 Å². The highest BCUT2D eigenvalue weighted by molar-refractivity contribution is 5.96. The molecule has 0 aliphatic heterocycles. The lowest BCUT2D eigenvalue weighted by atomic mass is 9.92. The SMILES string of the molecule is N[C@H]1CC[C@H](NC(=O)CNC(=O)c2cccc(C(F)(F)F)c2)CC1. The van der Waals surface area contributed by atoms with Crippen LogP contribution in [0.2, 0.25) is 0 Å². The molecular weight excluding hydrogens is 323 g/mol. The first-order valence-electron chi connectivity index (χ1n) is 7.76. The fraction of sp³-hybridized carbons (Fsp3) is 0.500. The number of hydrogen-bond donors (Lipinski definition) is 3. The zero-order chi connectivity index (χ0) is 17.7. The van der Waals surface area contributed by atoms with E-state index in [0.29, 0.717) is 0 Å². The van der Waals surface area contributed by atoms with Crippen LogP contribution in [-0.2, 0) is 11.0 Å². The number of carbonyl (C=O) groups excluding carboxylic acids is 2. The predicted octanol–water partition coefficient (Wildman–Crippen LogP) is 1.82. The van der Waals surface area contributed by atoms with Crippen molar-refractivity contribution in [3.63, 3.8) is 0 Å². The van der Waals surface area contributed by atoms with Crippen LogP contribution in [0.3, 0.4) is 0 Å². The van der Waals surface area contributed by atoms with E-state index in [1.54, 1.807) is 0 Å². The summed E-state index contributed by atoms with van der Waals surface area (Å²) >= 11 is 0.